The second-order valence-electron chi connectivity index (χ2n) is 2.36. The molecule has 0 aliphatic rings. The number of hydrogen-bond acceptors (Lipinski definition) is 3. The molecule has 0 aromatic carbocycles. The van der Waals surface area contributed by atoms with E-state index in [2.05, 4.69) is 20.8 Å². The monoisotopic (exact) mass is 200 g/mol. The van der Waals surface area contributed by atoms with E-state index in [1.54, 1.807) is 24.2 Å². The molecule has 1 rings (SSSR count). The highest BCUT2D eigenvalue weighted by Gasteiger charge is 1.99. The van der Waals surface area contributed by atoms with Crippen LogP contribution in [0, 0.1) is 0 Å². The fourth-order valence-electron chi connectivity index (χ4n) is 0.761. The first-order chi connectivity index (χ1) is 6.33. The largest absolute Gasteiger partial charge is 0.337 e. The summed E-state index contributed by atoms with van der Waals surface area (Å²) in [4.78, 5) is 11.1. The highest BCUT2D eigenvalue weighted by Crippen LogP contribution is 1.99. The van der Waals surface area contributed by atoms with Crippen LogP contribution in [0.2, 0.25) is 0 Å². The van der Waals surface area contributed by atoms with Crippen molar-refractivity contribution >= 4 is 23.5 Å². The highest BCUT2D eigenvalue weighted by molar-refractivity contribution is 7.98. The number of carbonyl (C=O) groups is 1. The number of amides is 2. The number of aromatic nitrogens is 2. The molecule has 0 bridgehead atoms. The van der Waals surface area contributed by atoms with E-state index in [0.717, 1.165) is 5.75 Å². The van der Waals surface area contributed by atoms with Gasteiger partial charge in [0.15, 0.2) is 0 Å². The quantitative estimate of drug-likeness (QED) is 0.632. The SMILES string of the molecule is CSCCNC(=O)Nc1cn[nH]c1. The number of nitrogens with one attached hydrogen (secondary N) is 3. The molecule has 0 radical (unpaired) electrons. The molecule has 0 aliphatic heterocycles. The van der Waals surface area contributed by atoms with E-state index in [4.69, 9.17) is 0 Å². The van der Waals surface area contributed by atoms with Crippen molar-refractivity contribution in [3.05, 3.63) is 12.4 Å². The molecule has 1 aromatic rings. The van der Waals surface area contributed by atoms with Crippen molar-refractivity contribution in [2.45, 2.75) is 0 Å². The predicted octanol–water partition coefficient (Wildman–Crippen LogP) is 0.894. The number of H-pyrrole nitrogens is 1. The molecule has 2 amide bonds. The lowest BCUT2D eigenvalue weighted by molar-refractivity contribution is 0.252. The minimum atomic E-state index is -0.199. The molecule has 0 aliphatic carbocycles. The Morgan fingerprint density at radius 2 is 2.62 bits per heavy atom. The maximum Gasteiger partial charge on any atom is 0.319 e. The van der Waals surface area contributed by atoms with Gasteiger partial charge in [0.1, 0.15) is 0 Å². The maximum atomic E-state index is 11.1. The van der Waals surface area contributed by atoms with Gasteiger partial charge in [-0.3, -0.25) is 5.10 Å². The van der Waals surface area contributed by atoms with Crippen molar-refractivity contribution < 1.29 is 4.79 Å². The Balaban J connectivity index is 2.18. The van der Waals surface area contributed by atoms with Gasteiger partial charge in [-0.05, 0) is 6.26 Å². The van der Waals surface area contributed by atoms with Crippen LogP contribution in [0.25, 0.3) is 0 Å². The molecular weight excluding hydrogens is 188 g/mol. The Morgan fingerprint density at radius 3 is 3.23 bits per heavy atom. The zero-order valence-electron chi connectivity index (χ0n) is 7.33. The standard InChI is InChI=1S/C7H12N4OS/c1-13-3-2-8-7(12)11-6-4-9-10-5-6/h4-5H,2-3H2,1H3,(H,9,10)(H2,8,11,12). The fourth-order valence-corrected chi connectivity index (χ4v) is 1.07. The van der Waals surface area contributed by atoms with Gasteiger partial charge in [-0.25, -0.2) is 4.79 Å². The molecule has 0 unspecified atom stereocenters. The molecule has 0 saturated heterocycles. The summed E-state index contributed by atoms with van der Waals surface area (Å²) in [6.45, 7) is 0.671. The predicted molar refractivity (Wildman–Crippen MR) is 54.0 cm³/mol. The third-order valence-corrected chi connectivity index (χ3v) is 1.96. The van der Waals surface area contributed by atoms with Crippen LogP contribution in [0.1, 0.15) is 0 Å². The van der Waals surface area contributed by atoms with Gasteiger partial charge in [0.2, 0.25) is 0 Å². The van der Waals surface area contributed by atoms with E-state index in [1.165, 1.54) is 0 Å². The number of nitrogens with zero attached hydrogens (tertiary/aromatic N) is 1. The van der Waals surface area contributed by atoms with Crippen LogP contribution in [0.15, 0.2) is 12.4 Å². The van der Waals surface area contributed by atoms with Gasteiger partial charge in [0.05, 0.1) is 11.9 Å². The number of carbonyl (C=O) groups excluding carboxylic acids is 1. The molecule has 0 atom stereocenters. The number of aromatic amines is 1. The van der Waals surface area contributed by atoms with E-state index in [1.807, 2.05) is 6.26 Å². The Labute approximate surface area is 80.7 Å². The van der Waals surface area contributed by atoms with Gasteiger partial charge >= 0.3 is 6.03 Å². The number of hydrogen-bond donors (Lipinski definition) is 3. The highest BCUT2D eigenvalue weighted by atomic mass is 32.2. The molecular formula is C7H12N4OS. The molecule has 5 nitrogen and oxygen atoms in total. The van der Waals surface area contributed by atoms with Crippen LogP contribution in [-0.4, -0.2) is 34.8 Å². The van der Waals surface area contributed by atoms with E-state index < -0.39 is 0 Å². The van der Waals surface area contributed by atoms with Crippen LogP contribution >= 0.6 is 11.8 Å². The first-order valence-corrected chi connectivity index (χ1v) is 5.25. The number of thioether (sulfide) groups is 1. The van der Waals surface area contributed by atoms with Crippen molar-refractivity contribution in [3.8, 4) is 0 Å². The second-order valence-corrected chi connectivity index (χ2v) is 3.35. The summed E-state index contributed by atoms with van der Waals surface area (Å²) in [5, 5.41) is 11.6. The normalized spacial score (nSPS) is 9.62. The Bertz CT molecular complexity index is 249. The maximum absolute atomic E-state index is 11.1. The average molecular weight is 200 g/mol. The van der Waals surface area contributed by atoms with E-state index in [-0.39, 0.29) is 6.03 Å². The number of rotatable bonds is 4. The first kappa shape index (κ1) is 9.91. The van der Waals surface area contributed by atoms with Crippen molar-refractivity contribution in [3.63, 3.8) is 0 Å². The second kappa shape index (κ2) is 5.47. The lowest BCUT2D eigenvalue weighted by atomic mass is 10.6. The third-order valence-electron chi connectivity index (χ3n) is 1.35. The van der Waals surface area contributed by atoms with Crippen LogP contribution in [-0.2, 0) is 0 Å². The van der Waals surface area contributed by atoms with Crippen molar-refractivity contribution in [1.29, 1.82) is 0 Å². The van der Waals surface area contributed by atoms with Crippen LogP contribution in [0.3, 0.4) is 0 Å². The van der Waals surface area contributed by atoms with E-state index in [9.17, 15) is 4.79 Å². The van der Waals surface area contributed by atoms with Gasteiger partial charge in [-0.1, -0.05) is 0 Å². The van der Waals surface area contributed by atoms with Crippen LogP contribution < -0.4 is 10.6 Å². The van der Waals surface area contributed by atoms with E-state index >= 15 is 0 Å². The van der Waals surface area contributed by atoms with Crippen molar-refractivity contribution in [2.24, 2.45) is 0 Å². The molecule has 13 heavy (non-hydrogen) atoms. The summed E-state index contributed by atoms with van der Waals surface area (Å²) in [6, 6.07) is -0.199. The minimum absolute atomic E-state index is 0.199. The average Bonchev–Trinajstić information content (AvgIpc) is 2.57. The Kier molecular flexibility index (Phi) is 4.17. The zero-order chi connectivity index (χ0) is 9.52. The minimum Gasteiger partial charge on any atom is -0.337 e. The molecule has 0 fully saturated rings. The lowest BCUT2D eigenvalue weighted by Gasteiger charge is -2.03. The molecule has 1 aromatic heterocycles. The lowest BCUT2D eigenvalue weighted by Crippen LogP contribution is -2.30. The molecule has 0 saturated carbocycles. The van der Waals surface area contributed by atoms with Gasteiger partial charge < -0.3 is 10.6 Å². The number of anilines is 1. The van der Waals surface area contributed by atoms with Crippen molar-refractivity contribution in [2.75, 3.05) is 23.9 Å². The Hall–Kier alpha value is -1.17. The van der Waals surface area contributed by atoms with Gasteiger partial charge in [-0.15, -0.1) is 0 Å². The number of urea groups is 1. The van der Waals surface area contributed by atoms with Crippen molar-refractivity contribution in [1.82, 2.24) is 15.5 Å². The van der Waals surface area contributed by atoms with E-state index in [0.29, 0.717) is 12.2 Å². The Morgan fingerprint density at radius 1 is 1.77 bits per heavy atom. The van der Waals surface area contributed by atoms with Gasteiger partial charge in [0.25, 0.3) is 0 Å². The topological polar surface area (TPSA) is 69.8 Å². The summed E-state index contributed by atoms with van der Waals surface area (Å²) in [7, 11) is 0. The molecule has 6 heteroatoms. The fraction of sp³-hybridized carbons (Fsp3) is 0.429. The summed E-state index contributed by atoms with van der Waals surface area (Å²) in [5.41, 5.74) is 0.668. The summed E-state index contributed by atoms with van der Waals surface area (Å²) >= 11 is 1.69. The molecule has 0 spiro atoms. The van der Waals surface area contributed by atoms with Crippen LogP contribution in [0.5, 0.6) is 0 Å². The van der Waals surface area contributed by atoms with Gasteiger partial charge in [0, 0.05) is 18.5 Å². The molecule has 1 heterocycles. The molecule has 72 valence electrons. The van der Waals surface area contributed by atoms with Gasteiger partial charge in [-0.2, -0.15) is 16.9 Å². The zero-order valence-corrected chi connectivity index (χ0v) is 8.15. The molecule has 3 N–H and O–H groups in total. The van der Waals surface area contributed by atoms with Crippen LogP contribution in [0.4, 0.5) is 10.5 Å². The smallest absolute Gasteiger partial charge is 0.319 e. The summed E-state index contributed by atoms with van der Waals surface area (Å²) in [6.07, 6.45) is 5.16. The first-order valence-electron chi connectivity index (χ1n) is 3.85. The third kappa shape index (κ3) is 3.84. The summed E-state index contributed by atoms with van der Waals surface area (Å²) in [5.74, 6) is 0.915. The summed E-state index contributed by atoms with van der Waals surface area (Å²) < 4.78 is 0.